The number of carbonyl (C=O) groups excluding carboxylic acids is 1. The number of thioether (sulfide) groups is 1. The Hall–Kier alpha value is -1.75. The maximum atomic E-state index is 12.7. The molecule has 1 aromatic rings. The fourth-order valence-corrected chi connectivity index (χ4v) is 4.07. The minimum atomic E-state index is -0.141. The number of rotatable bonds is 2. The van der Waals surface area contributed by atoms with E-state index in [1.807, 2.05) is 48.0 Å². The van der Waals surface area contributed by atoms with Crippen molar-refractivity contribution in [2.75, 3.05) is 20.1 Å². The molecular formula is C19H25N3OS. The highest BCUT2D eigenvalue weighted by atomic mass is 32.2. The third-order valence-electron chi connectivity index (χ3n) is 4.85. The quantitative estimate of drug-likeness (QED) is 0.815. The Labute approximate surface area is 148 Å². The van der Waals surface area contributed by atoms with Gasteiger partial charge in [0.2, 0.25) is 5.91 Å². The first-order chi connectivity index (χ1) is 11.5. The van der Waals surface area contributed by atoms with E-state index in [9.17, 15) is 4.79 Å². The van der Waals surface area contributed by atoms with Crippen molar-refractivity contribution in [3.05, 3.63) is 36.4 Å². The lowest BCUT2D eigenvalue weighted by Gasteiger charge is -2.33. The van der Waals surface area contributed by atoms with E-state index in [1.54, 1.807) is 0 Å². The van der Waals surface area contributed by atoms with E-state index < -0.39 is 0 Å². The molecule has 0 radical (unpaired) electrons. The SMILES string of the molecule is C=C1c2ccccc2N=C(SC(C)C(=O)N2CCC(C)CC2)N1C. The van der Waals surface area contributed by atoms with Gasteiger partial charge in [0.15, 0.2) is 5.17 Å². The van der Waals surface area contributed by atoms with Gasteiger partial charge in [-0.25, -0.2) is 4.99 Å². The molecule has 0 N–H and O–H groups in total. The van der Waals surface area contributed by atoms with Crippen LogP contribution in [0.15, 0.2) is 35.8 Å². The zero-order chi connectivity index (χ0) is 17.3. The van der Waals surface area contributed by atoms with Gasteiger partial charge >= 0.3 is 0 Å². The van der Waals surface area contributed by atoms with Crippen molar-refractivity contribution in [1.82, 2.24) is 9.80 Å². The molecule has 0 aromatic heterocycles. The molecule has 24 heavy (non-hydrogen) atoms. The van der Waals surface area contributed by atoms with Crippen LogP contribution >= 0.6 is 11.8 Å². The van der Waals surface area contributed by atoms with Crippen LogP contribution in [0.3, 0.4) is 0 Å². The van der Waals surface area contributed by atoms with Gasteiger partial charge in [0.1, 0.15) is 0 Å². The lowest BCUT2D eigenvalue weighted by molar-refractivity contribution is -0.131. The molecule has 0 aliphatic carbocycles. The van der Waals surface area contributed by atoms with E-state index in [0.717, 1.165) is 54.0 Å². The number of carbonyl (C=O) groups is 1. The van der Waals surface area contributed by atoms with Crippen LogP contribution in [0.4, 0.5) is 5.69 Å². The summed E-state index contributed by atoms with van der Waals surface area (Å²) in [5.74, 6) is 0.943. The number of likely N-dealkylation sites (tertiary alicyclic amines) is 1. The molecule has 1 amide bonds. The first-order valence-corrected chi connectivity index (χ1v) is 9.41. The Morgan fingerprint density at radius 1 is 1.33 bits per heavy atom. The van der Waals surface area contributed by atoms with Gasteiger partial charge in [-0.2, -0.15) is 0 Å². The Kier molecular flexibility index (Phi) is 4.99. The number of amidine groups is 1. The summed E-state index contributed by atoms with van der Waals surface area (Å²) in [4.78, 5) is 21.4. The van der Waals surface area contributed by atoms with Crippen LogP contribution in [0.1, 0.15) is 32.3 Å². The first kappa shape index (κ1) is 17.1. The van der Waals surface area contributed by atoms with Crippen molar-refractivity contribution in [1.29, 1.82) is 0 Å². The van der Waals surface area contributed by atoms with E-state index in [2.05, 4.69) is 13.5 Å². The summed E-state index contributed by atoms with van der Waals surface area (Å²) in [5, 5.41) is 0.697. The summed E-state index contributed by atoms with van der Waals surface area (Å²) in [6.45, 7) is 10.2. The summed E-state index contributed by atoms with van der Waals surface area (Å²) in [6.07, 6.45) is 2.21. The molecule has 0 spiro atoms. The van der Waals surface area contributed by atoms with Crippen LogP contribution in [0.2, 0.25) is 0 Å². The van der Waals surface area contributed by atoms with Crippen LogP contribution in [0.25, 0.3) is 5.70 Å². The van der Waals surface area contributed by atoms with E-state index in [4.69, 9.17) is 4.99 Å². The van der Waals surface area contributed by atoms with E-state index in [0.29, 0.717) is 0 Å². The Balaban J connectivity index is 1.72. The maximum Gasteiger partial charge on any atom is 0.235 e. The molecule has 1 aromatic carbocycles. The molecular weight excluding hydrogens is 318 g/mol. The molecule has 1 saturated heterocycles. The lowest BCUT2D eigenvalue weighted by atomic mass is 9.99. The number of hydrogen-bond acceptors (Lipinski definition) is 4. The summed E-state index contributed by atoms with van der Waals surface area (Å²) < 4.78 is 0. The topological polar surface area (TPSA) is 35.9 Å². The van der Waals surface area contributed by atoms with Crippen LogP contribution in [0.5, 0.6) is 0 Å². The predicted octanol–water partition coefficient (Wildman–Crippen LogP) is 3.97. The average Bonchev–Trinajstić information content (AvgIpc) is 2.59. The average molecular weight is 343 g/mol. The van der Waals surface area contributed by atoms with Gasteiger partial charge in [-0.05, 0) is 31.7 Å². The highest BCUT2D eigenvalue weighted by Crippen LogP contribution is 2.35. The number of para-hydroxylation sites is 1. The zero-order valence-electron chi connectivity index (χ0n) is 14.7. The Morgan fingerprint density at radius 2 is 2.00 bits per heavy atom. The van der Waals surface area contributed by atoms with Crippen LogP contribution in [-0.4, -0.2) is 46.3 Å². The summed E-state index contributed by atoms with van der Waals surface area (Å²) >= 11 is 1.52. The van der Waals surface area contributed by atoms with Gasteiger partial charge < -0.3 is 9.80 Å². The molecule has 1 fully saturated rings. The molecule has 1 atom stereocenters. The summed E-state index contributed by atoms with van der Waals surface area (Å²) in [7, 11) is 1.96. The van der Waals surface area contributed by atoms with Crippen molar-refractivity contribution >= 4 is 34.2 Å². The van der Waals surface area contributed by atoms with E-state index in [1.165, 1.54) is 11.8 Å². The minimum Gasteiger partial charge on any atom is -0.342 e. The van der Waals surface area contributed by atoms with Crippen molar-refractivity contribution in [2.24, 2.45) is 10.9 Å². The minimum absolute atomic E-state index is 0.141. The molecule has 128 valence electrons. The van der Waals surface area contributed by atoms with Crippen molar-refractivity contribution in [2.45, 2.75) is 31.9 Å². The molecule has 2 aliphatic rings. The smallest absolute Gasteiger partial charge is 0.235 e. The monoisotopic (exact) mass is 343 g/mol. The highest BCUT2D eigenvalue weighted by Gasteiger charge is 2.28. The molecule has 1 unspecified atom stereocenters. The van der Waals surface area contributed by atoms with Crippen molar-refractivity contribution in [3.63, 3.8) is 0 Å². The Morgan fingerprint density at radius 3 is 2.71 bits per heavy atom. The second-order valence-electron chi connectivity index (χ2n) is 6.69. The zero-order valence-corrected chi connectivity index (χ0v) is 15.5. The van der Waals surface area contributed by atoms with Gasteiger partial charge in [-0.3, -0.25) is 4.79 Å². The number of nitrogens with zero attached hydrogens (tertiary/aromatic N) is 3. The van der Waals surface area contributed by atoms with Crippen LogP contribution in [0, 0.1) is 5.92 Å². The van der Waals surface area contributed by atoms with Crippen molar-refractivity contribution < 1.29 is 4.79 Å². The molecule has 0 bridgehead atoms. The third kappa shape index (κ3) is 3.36. The Bertz CT molecular complexity index is 677. The number of fused-ring (bicyclic) bond motifs is 1. The van der Waals surface area contributed by atoms with Gasteiger partial charge in [0, 0.05) is 31.4 Å². The van der Waals surface area contributed by atoms with E-state index >= 15 is 0 Å². The molecule has 3 rings (SSSR count). The van der Waals surface area contributed by atoms with Gasteiger partial charge in [0.05, 0.1) is 10.9 Å². The molecule has 2 heterocycles. The van der Waals surface area contributed by atoms with Crippen molar-refractivity contribution in [3.8, 4) is 0 Å². The molecule has 5 heteroatoms. The van der Waals surface area contributed by atoms with E-state index in [-0.39, 0.29) is 11.2 Å². The lowest BCUT2D eigenvalue weighted by Crippen LogP contribution is -2.42. The van der Waals surface area contributed by atoms with Gasteiger partial charge in [-0.1, -0.05) is 43.5 Å². The van der Waals surface area contributed by atoms with Crippen LogP contribution < -0.4 is 0 Å². The fourth-order valence-electron chi connectivity index (χ4n) is 3.09. The number of piperidine rings is 1. The van der Waals surface area contributed by atoms with Gasteiger partial charge in [-0.15, -0.1) is 0 Å². The number of benzene rings is 1. The fraction of sp³-hybridized carbons (Fsp3) is 0.474. The largest absolute Gasteiger partial charge is 0.342 e. The first-order valence-electron chi connectivity index (χ1n) is 8.53. The summed E-state index contributed by atoms with van der Waals surface area (Å²) in [6, 6.07) is 8.00. The summed E-state index contributed by atoms with van der Waals surface area (Å²) in [5.41, 5.74) is 2.90. The normalized spacial score (nSPS) is 19.8. The highest BCUT2D eigenvalue weighted by molar-refractivity contribution is 8.14. The molecule has 2 aliphatic heterocycles. The van der Waals surface area contributed by atoms with Gasteiger partial charge in [0.25, 0.3) is 0 Å². The number of aliphatic imine (C=N–C) groups is 1. The number of amides is 1. The standard InChI is InChI=1S/C19H25N3OS/c1-13-9-11-22(12-10-13)18(23)15(3)24-19-20-17-8-6-5-7-16(17)14(2)21(19)4/h5-8,13,15H,2,9-12H2,1,3-4H3. The second-order valence-corrected chi connectivity index (χ2v) is 7.99. The third-order valence-corrected chi connectivity index (χ3v) is 5.98. The number of hydrogen-bond donors (Lipinski definition) is 0. The maximum absolute atomic E-state index is 12.7. The second kappa shape index (κ2) is 7.01. The predicted molar refractivity (Wildman–Crippen MR) is 102 cm³/mol. The molecule has 0 saturated carbocycles. The molecule has 4 nitrogen and oxygen atoms in total. The van der Waals surface area contributed by atoms with Crippen LogP contribution in [-0.2, 0) is 4.79 Å².